The Morgan fingerprint density at radius 2 is 1.79 bits per heavy atom. The highest BCUT2D eigenvalue weighted by Gasteiger charge is 2.80. The molecule has 11 rings (SSSR count). The topological polar surface area (TPSA) is 52.2 Å². The third-order valence-corrected chi connectivity index (χ3v) is 13.8. The van der Waals surface area contributed by atoms with Gasteiger partial charge >= 0.3 is 0 Å². The molecule has 0 amide bonds. The van der Waals surface area contributed by atoms with Crippen molar-refractivity contribution in [3.05, 3.63) is 82.9 Å². The van der Waals surface area contributed by atoms with Gasteiger partial charge < -0.3 is 24.3 Å². The van der Waals surface area contributed by atoms with Gasteiger partial charge in [0.2, 0.25) is 0 Å². The quantitative estimate of drug-likeness (QED) is 0.237. The van der Waals surface area contributed by atoms with Crippen molar-refractivity contribution in [2.24, 2.45) is 17.3 Å². The minimum atomic E-state index is -0.390. The number of piperidine rings is 1. The van der Waals surface area contributed by atoms with Crippen molar-refractivity contribution in [3.63, 3.8) is 0 Å². The van der Waals surface area contributed by atoms with Crippen molar-refractivity contribution >= 4 is 5.69 Å². The van der Waals surface area contributed by atoms with E-state index in [0.29, 0.717) is 6.04 Å². The van der Waals surface area contributed by atoms with Crippen LogP contribution in [0.1, 0.15) is 79.5 Å². The lowest BCUT2D eigenvalue weighted by Gasteiger charge is -2.74. The van der Waals surface area contributed by atoms with Gasteiger partial charge in [-0.1, -0.05) is 30.3 Å². The Morgan fingerprint density at radius 1 is 0.936 bits per heavy atom. The van der Waals surface area contributed by atoms with E-state index in [9.17, 15) is 0 Å². The van der Waals surface area contributed by atoms with E-state index in [-0.39, 0.29) is 22.9 Å². The van der Waals surface area contributed by atoms with Crippen LogP contribution in [0.25, 0.3) is 0 Å². The summed E-state index contributed by atoms with van der Waals surface area (Å²) in [5.74, 6) is 4.78. The average Bonchev–Trinajstić information content (AvgIpc) is 4.06. The van der Waals surface area contributed by atoms with Crippen LogP contribution >= 0.6 is 0 Å². The van der Waals surface area contributed by atoms with Crippen LogP contribution in [0.2, 0.25) is 0 Å². The highest BCUT2D eigenvalue weighted by atomic mass is 16.6. The molecule has 5 saturated carbocycles. The lowest BCUT2D eigenvalue weighted by atomic mass is 9.34. The van der Waals surface area contributed by atoms with E-state index in [1.165, 1.54) is 60.9 Å². The lowest BCUT2D eigenvalue weighted by molar-refractivity contribution is -0.261. The van der Waals surface area contributed by atoms with Gasteiger partial charge in [0.25, 0.3) is 0 Å². The van der Waals surface area contributed by atoms with Crippen molar-refractivity contribution in [3.8, 4) is 17.2 Å². The molecule has 0 unspecified atom stereocenters. The van der Waals surface area contributed by atoms with Crippen LogP contribution in [-0.4, -0.2) is 56.6 Å². The van der Waals surface area contributed by atoms with Gasteiger partial charge in [0.1, 0.15) is 17.5 Å². The second-order valence-electron chi connectivity index (χ2n) is 16.0. The van der Waals surface area contributed by atoms with Crippen LogP contribution in [0.3, 0.4) is 0 Å². The molecule has 47 heavy (non-hydrogen) atoms. The minimum absolute atomic E-state index is 0.0133. The second-order valence-corrected chi connectivity index (χ2v) is 16.0. The molecule has 2 aliphatic heterocycles. The molecule has 6 fully saturated rings. The summed E-state index contributed by atoms with van der Waals surface area (Å²) in [5.41, 5.74) is 6.50. The first-order chi connectivity index (χ1) is 23.1. The molecule has 3 aromatic carbocycles. The second kappa shape index (κ2) is 10.4. The normalized spacial score (nSPS) is 34.5. The molecule has 6 heteroatoms. The summed E-state index contributed by atoms with van der Waals surface area (Å²) in [7, 11) is 3.75. The van der Waals surface area contributed by atoms with E-state index in [0.717, 1.165) is 80.2 Å². The molecule has 1 saturated heterocycles. The van der Waals surface area contributed by atoms with Crippen molar-refractivity contribution in [2.45, 2.75) is 93.4 Å². The van der Waals surface area contributed by atoms with E-state index in [2.05, 4.69) is 70.9 Å². The van der Waals surface area contributed by atoms with Gasteiger partial charge in [0.05, 0.1) is 13.7 Å². The molecule has 6 aliphatic carbocycles. The van der Waals surface area contributed by atoms with E-state index >= 15 is 0 Å². The summed E-state index contributed by atoms with van der Waals surface area (Å²) in [6.07, 6.45) is 11.1. The number of methoxy groups -OCH3 is 2. The molecule has 3 aromatic rings. The van der Waals surface area contributed by atoms with Crippen LogP contribution in [0.5, 0.6) is 17.2 Å². The van der Waals surface area contributed by atoms with E-state index in [4.69, 9.17) is 18.9 Å². The summed E-state index contributed by atoms with van der Waals surface area (Å²) in [4.78, 5) is 2.92. The number of fused-ring (bicyclic) bond motifs is 2. The van der Waals surface area contributed by atoms with Gasteiger partial charge in [-0.2, -0.15) is 0 Å². The highest BCUT2D eigenvalue weighted by molar-refractivity contribution is 5.64. The van der Waals surface area contributed by atoms with Crippen molar-refractivity contribution < 1.29 is 18.9 Å². The van der Waals surface area contributed by atoms with Crippen LogP contribution in [0, 0.1) is 17.3 Å². The zero-order valence-corrected chi connectivity index (χ0v) is 27.9. The number of nitrogens with zero attached hydrogens (tertiary/aromatic N) is 1. The Hall–Kier alpha value is -3.22. The molecule has 8 aliphatic rings. The maximum atomic E-state index is 7.29. The van der Waals surface area contributed by atoms with Gasteiger partial charge in [-0.25, -0.2) is 0 Å². The Bertz CT molecular complexity index is 1700. The average molecular weight is 633 g/mol. The molecule has 2 spiro atoms. The maximum absolute atomic E-state index is 7.29. The number of hydrogen-bond donors (Lipinski definition) is 1. The van der Waals surface area contributed by atoms with Crippen molar-refractivity contribution in [1.82, 2.24) is 4.90 Å². The van der Waals surface area contributed by atoms with Crippen molar-refractivity contribution in [1.29, 1.82) is 0 Å². The molecule has 2 heterocycles. The number of rotatable bonds is 11. The summed E-state index contributed by atoms with van der Waals surface area (Å²) in [6, 6.07) is 22.8. The molecule has 4 bridgehead atoms. The summed E-state index contributed by atoms with van der Waals surface area (Å²) in [5, 5.41) is 3.74. The third-order valence-electron chi connectivity index (χ3n) is 13.8. The number of nitrogens with one attached hydrogen (secondary N) is 1. The number of ether oxygens (including phenoxy) is 4. The zero-order valence-electron chi connectivity index (χ0n) is 27.9. The number of hydrogen-bond acceptors (Lipinski definition) is 6. The molecular formula is C41H48N2O4. The molecule has 6 nitrogen and oxygen atoms in total. The Morgan fingerprint density at radius 3 is 2.57 bits per heavy atom. The van der Waals surface area contributed by atoms with Gasteiger partial charge in [0, 0.05) is 54.2 Å². The Balaban J connectivity index is 0.990. The molecular weight excluding hydrogens is 584 g/mol. The molecule has 6 atom stereocenters. The predicted octanol–water partition coefficient (Wildman–Crippen LogP) is 7.49. The smallest absolute Gasteiger partial charge is 0.165 e. The molecule has 246 valence electrons. The number of likely N-dealkylation sites (tertiary alicyclic amines) is 1. The fraction of sp³-hybridized carbons (Fsp3) is 0.561. The SMILES string of the molecule is COc1ccc2c3c1O[C@H]1[C@@]4(OC)CC[C@@]5(C[C@@H]4c4cccc(NCc6ccc(OCC7CC7)cc6)c4)[C@@H](C2)N(CC2CC2)CC[C@]315. The molecule has 1 N–H and O–H groups in total. The molecule has 0 aromatic heterocycles. The van der Waals surface area contributed by atoms with Crippen molar-refractivity contribution in [2.75, 3.05) is 39.2 Å². The molecule has 0 radical (unpaired) electrons. The largest absolute Gasteiger partial charge is 0.493 e. The first-order valence-corrected chi connectivity index (χ1v) is 18.3. The zero-order chi connectivity index (χ0) is 31.4. The Labute approximate surface area is 279 Å². The lowest BCUT2D eigenvalue weighted by Crippen LogP contribution is -2.80. The van der Waals surface area contributed by atoms with Crippen LogP contribution in [-0.2, 0) is 23.1 Å². The standard InChI is InChI=1S/C41H48N2O4/c1-44-34-15-12-30-21-35-39-16-17-41(45-2,38-40(39,36(30)37(34)47-38)18-19-43(35)24-27-6-7-27)33(22-39)29-4-3-5-31(20-29)42-23-26-10-13-32(14-11-26)46-25-28-8-9-28/h3-5,10-15,20,27-28,33,35,38,42H,6-9,16-19,21-25H2,1-2H3/t33-,35-,38-,39-,40+,41-/m1/s1. The van der Waals surface area contributed by atoms with Gasteiger partial charge in [-0.15, -0.1) is 0 Å². The highest BCUT2D eigenvalue weighted by Crippen LogP contribution is 2.78. The predicted molar refractivity (Wildman–Crippen MR) is 183 cm³/mol. The first-order valence-electron chi connectivity index (χ1n) is 18.3. The van der Waals surface area contributed by atoms with Gasteiger partial charge in [-0.05, 0) is 123 Å². The summed E-state index contributed by atoms with van der Waals surface area (Å²) >= 11 is 0. The first kappa shape index (κ1) is 28.8. The maximum Gasteiger partial charge on any atom is 0.165 e. The fourth-order valence-electron chi connectivity index (χ4n) is 11.2. The third kappa shape index (κ3) is 4.10. The minimum Gasteiger partial charge on any atom is -0.493 e. The number of anilines is 1. The van der Waals surface area contributed by atoms with E-state index < -0.39 is 5.60 Å². The fourth-order valence-corrected chi connectivity index (χ4v) is 11.2. The Kier molecular flexibility index (Phi) is 6.36. The van der Waals surface area contributed by atoms with Crippen LogP contribution in [0.4, 0.5) is 5.69 Å². The van der Waals surface area contributed by atoms with Crippen LogP contribution in [0.15, 0.2) is 60.7 Å². The van der Waals surface area contributed by atoms with Crippen LogP contribution < -0.4 is 19.5 Å². The van der Waals surface area contributed by atoms with E-state index in [1.54, 1.807) is 7.11 Å². The summed E-state index contributed by atoms with van der Waals surface area (Å²) in [6.45, 7) is 4.06. The monoisotopic (exact) mass is 632 g/mol. The number of benzene rings is 3. The van der Waals surface area contributed by atoms with E-state index in [1.807, 2.05) is 7.11 Å². The summed E-state index contributed by atoms with van der Waals surface area (Å²) < 4.78 is 26.1. The van der Waals surface area contributed by atoms with Gasteiger partial charge in [0.15, 0.2) is 11.5 Å². The van der Waals surface area contributed by atoms with Gasteiger partial charge in [-0.3, -0.25) is 4.90 Å².